The van der Waals surface area contributed by atoms with Crippen molar-refractivity contribution in [2.24, 2.45) is 5.92 Å². The fourth-order valence-electron chi connectivity index (χ4n) is 9.20. The molecule has 74 heavy (non-hydrogen) atoms. The highest BCUT2D eigenvalue weighted by atomic mass is 35.5. The van der Waals surface area contributed by atoms with E-state index in [1.165, 1.54) is 42.3 Å². The number of benzene rings is 2. The zero-order valence-electron chi connectivity index (χ0n) is 42.7. The lowest BCUT2D eigenvalue weighted by Gasteiger charge is -2.39. The molecule has 2 saturated heterocycles. The molecule has 394 valence electrons. The van der Waals surface area contributed by atoms with Crippen LogP contribution in [-0.2, 0) is 20.9 Å². The second-order valence-corrected chi connectivity index (χ2v) is 19.7. The average molecular weight is 1060 g/mol. The molecule has 1 unspecified atom stereocenters. The number of imidazole rings is 1. The largest absolute Gasteiger partial charge is 0.480 e. The lowest BCUT2D eigenvalue weighted by atomic mass is 9.95. The van der Waals surface area contributed by atoms with Gasteiger partial charge in [0.2, 0.25) is 18.2 Å². The maximum absolute atomic E-state index is 15.7. The van der Waals surface area contributed by atoms with Crippen molar-refractivity contribution in [3.8, 4) is 17.3 Å². The molecule has 1 N–H and O–H groups in total. The highest BCUT2D eigenvalue weighted by Gasteiger charge is 2.38. The summed E-state index contributed by atoms with van der Waals surface area (Å²) >= 11 is 11.9. The van der Waals surface area contributed by atoms with Crippen molar-refractivity contribution in [3.63, 3.8) is 0 Å². The molecule has 4 aromatic rings. The van der Waals surface area contributed by atoms with Crippen LogP contribution in [0.15, 0.2) is 77.7 Å². The van der Waals surface area contributed by atoms with Crippen molar-refractivity contribution in [3.05, 3.63) is 117 Å². The number of nitrogens with zero attached hydrogens (tertiary/aromatic N) is 9. The molecule has 0 spiro atoms. The first-order valence-electron chi connectivity index (χ1n) is 24.3. The summed E-state index contributed by atoms with van der Waals surface area (Å²) in [5.41, 5.74) is 1.94. The highest BCUT2D eigenvalue weighted by Crippen LogP contribution is 2.37. The van der Waals surface area contributed by atoms with E-state index in [0.29, 0.717) is 86.8 Å². The first kappa shape index (κ1) is 56.3. The number of fused-ring (bicyclic) bond motifs is 1. The third-order valence-corrected chi connectivity index (χ3v) is 13.7. The van der Waals surface area contributed by atoms with Gasteiger partial charge in [-0.15, -0.1) is 0 Å². The summed E-state index contributed by atoms with van der Waals surface area (Å²) in [4.78, 5) is 107. The standard InChI is InChI=1S/C47H58ClFN10O8.C6H5Cl/c1-29(2)59-40-25-58(35(27-61)20-34(48)24-53(4)5)47(66)42(40)52-43(59)37-18-32(22-50-44(37)67-7)45(64)57-12-10-31(11-13-57)23-55-14-16-56(17-15-55)39-19-33(26-60)36(21-38(39)49)46(65)54(6)30(3)8-9-41(63)51-28-62;7-6-4-2-1-3-5-6/h18-22,24,26-31H,8-17,23,25H2,1-7H3,(H,51,62,63);1-5H/b34-24+,35-20+;. The van der Waals surface area contributed by atoms with Gasteiger partial charge in [-0.2, -0.15) is 0 Å². The van der Waals surface area contributed by atoms with E-state index in [1.807, 2.05) is 58.5 Å². The molecule has 3 aliphatic rings. The number of hydrogen-bond acceptors (Lipinski definition) is 13. The van der Waals surface area contributed by atoms with Crippen molar-refractivity contribution < 1.29 is 42.7 Å². The number of amides is 5. The monoisotopic (exact) mass is 1060 g/mol. The van der Waals surface area contributed by atoms with Crippen molar-refractivity contribution in [1.82, 2.24) is 44.4 Å². The number of nitrogens with one attached hydrogen (secondary N) is 1. The molecule has 1 atom stereocenters. The Hall–Kier alpha value is -6.96. The van der Waals surface area contributed by atoms with Gasteiger partial charge in [-0.05, 0) is 82.4 Å². The van der Waals surface area contributed by atoms with Gasteiger partial charge in [0.15, 0.2) is 18.3 Å². The van der Waals surface area contributed by atoms with Crippen LogP contribution >= 0.6 is 23.2 Å². The van der Waals surface area contributed by atoms with Crippen LogP contribution in [0.25, 0.3) is 11.4 Å². The number of carbonyl (C=O) groups excluding carboxylic acids is 7. The minimum Gasteiger partial charge on any atom is -0.480 e. The van der Waals surface area contributed by atoms with Gasteiger partial charge >= 0.3 is 0 Å². The Labute approximate surface area is 440 Å². The van der Waals surface area contributed by atoms with Crippen LogP contribution in [0.4, 0.5) is 10.1 Å². The van der Waals surface area contributed by atoms with E-state index in [2.05, 4.69) is 15.2 Å². The van der Waals surface area contributed by atoms with Gasteiger partial charge in [-0.1, -0.05) is 41.4 Å². The number of carbonyl (C=O) groups is 7. The number of ether oxygens (including phenoxy) is 1. The molecule has 2 fully saturated rings. The van der Waals surface area contributed by atoms with Gasteiger partial charge in [-0.25, -0.2) is 14.4 Å². The summed E-state index contributed by atoms with van der Waals surface area (Å²) in [6.07, 6.45) is 7.82. The van der Waals surface area contributed by atoms with E-state index in [4.69, 9.17) is 32.9 Å². The van der Waals surface area contributed by atoms with Gasteiger partial charge in [0.1, 0.15) is 11.6 Å². The van der Waals surface area contributed by atoms with Crippen LogP contribution in [0.5, 0.6) is 5.88 Å². The van der Waals surface area contributed by atoms with Crippen molar-refractivity contribution in [2.75, 3.05) is 79.0 Å². The number of likely N-dealkylation sites (tertiary alicyclic amines) is 1. The predicted molar refractivity (Wildman–Crippen MR) is 280 cm³/mol. The number of piperidine rings is 1. The fraction of sp³-hybridized carbons (Fsp3) is 0.415. The summed E-state index contributed by atoms with van der Waals surface area (Å²) in [5.74, 6) is -1.29. The van der Waals surface area contributed by atoms with Crippen molar-refractivity contribution in [1.29, 1.82) is 0 Å². The van der Waals surface area contributed by atoms with Crippen LogP contribution in [-0.4, -0.2) is 162 Å². The number of rotatable bonds is 18. The van der Waals surface area contributed by atoms with Crippen LogP contribution in [0.3, 0.4) is 0 Å². The molecular weight excluding hydrogens is 995 g/mol. The Morgan fingerprint density at radius 3 is 2.24 bits per heavy atom. The molecule has 2 aromatic heterocycles. The predicted octanol–water partition coefficient (Wildman–Crippen LogP) is 6.69. The third-order valence-electron chi connectivity index (χ3n) is 13.2. The molecule has 5 amide bonds. The van der Waals surface area contributed by atoms with E-state index in [-0.39, 0.29) is 70.5 Å². The third kappa shape index (κ3) is 13.6. The van der Waals surface area contributed by atoms with Gasteiger partial charge in [0.05, 0.1) is 52.5 Å². The number of allylic oxidation sites excluding steroid dienone is 3. The second kappa shape index (κ2) is 25.8. The molecule has 0 radical (unpaired) electrons. The zero-order valence-corrected chi connectivity index (χ0v) is 44.2. The number of pyridine rings is 1. The molecule has 3 aliphatic heterocycles. The first-order valence-corrected chi connectivity index (χ1v) is 25.1. The molecule has 2 aromatic carbocycles. The van der Waals surface area contributed by atoms with Crippen LogP contribution < -0.4 is 15.0 Å². The Balaban J connectivity index is 0.00000117. The molecule has 5 heterocycles. The summed E-state index contributed by atoms with van der Waals surface area (Å²) in [7, 11) is 6.58. The van der Waals surface area contributed by atoms with Crippen LogP contribution in [0, 0.1) is 11.7 Å². The topological polar surface area (TPSA) is 191 Å². The van der Waals surface area contributed by atoms with E-state index < -0.39 is 29.6 Å². The van der Waals surface area contributed by atoms with Gasteiger partial charge in [-0.3, -0.25) is 48.7 Å². The number of piperazine rings is 1. The summed E-state index contributed by atoms with van der Waals surface area (Å²) < 4.78 is 23.2. The number of aldehydes is 2. The first-order chi connectivity index (χ1) is 35.4. The van der Waals surface area contributed by atoms with Gasteiger partial charge < -0.3 is 28.9 Å². The highest BCUT2D eigenvalue weighted by molar-refractivity contribution is 6.31. The lowest BCUT2D eigenvalue weighted by molar-refractivity contribution is -0.125. The van der Waals surface area contributed by atoms with E-state index >= 15 is 4.39 Å². The minimum atomic E-state index is -0.613. The van der Waals surface area contributed by atoms with E-state index in [9.17, 15) is 33.6 Å². The van der Waals surface area contributed by atoms with Crippen molar-refractivity contribution >= 4 is 71.5 Å². The van der Waals surface area contributed by atoms with Crippen molar-refractivity contribution in [2.45, 2.75) is 65.1 Å². The molecule has 0 saturated carbocycles. The number of imide groups is 1. The van der Waals surface area contributed by atoms with Gasteiger partial charge in [0.25, 0.3) is 17.7 Å². The maximum atomic E-state index is 15.7. The normalized spacial score (nSPS) is 15.8. The Morgan fingerprint density at radius 1 is 0.973 bits per heavy atom. The molecular formula is C53H63Cl2FN10O8. The Bertz CT molecular complexity index is 2770. The number of methoxy groups -OCH3 is 1. The quantitative estimate of drug-likeness (QED) is 0.0631. The number of hydrogen-bond donors (Lipinski definition) is 1. The second-order valence-electron chi connectivity index (χ2n) is 18.8. The molecule has 0 aliphatic carbocycles. The zero-order chi connectivity index (χ0) is 53.8. The molecule has 7 rings (SSSR count). The number of aromatic nitrogens is 3. The number of halogens is 3. The molecule has 18 nitrogen and oxygen atoms in total. The molecule has 0 bridgehead atoms. The Kier molecular flexibility index (Phi) is 19.6. The van der Waals surface area contributed by atoms with Crippen LogP contribution in [0.2, 0.25) is 5.02 Å². The Morgan fingerprint density at radius 2 is 1.66 bits per heavy atom. The maximum Gasteiger partial charge on any atom is 0.279 e. The van der Waals surface area contributed by atoms with Crippen LogP contribution in [0.1, 0.15) is 99.8 Å². The number of anilines is 1. The fourth-order valence-corrected chi connectivity index (χ4v) is 9.66. The molecule has 21 heteroatoms. The average Bonchev–Trinajstić information content (AvgIpc) is 3.93. The van der Waals surface area contributed by atoms with E-state index in [0.717, 1.165) is 30.5 Å². The lowest BCUT2D eigenvalue weighted by Crippen LogP contribution is -2.49. The smallest absolute Gasteiger partial charge is 0.279 e. The summed E-state index contributed by atoms with van der Waals surface area (Å²) in [6, 6.07) is 13.1. The van der Waals surface area contributed by atoms with Gasteiger partial charge in [0, 0.05) is 108 Å². The SMILES string of the molecule is COc1ncc(C(=O)N2CCC(CN3CCN(c4cc(C=O)c(C(=O)N(C)C(C)CCC(=O)NC=O)cc4F)CC3)CC2)cc1-c1nc2c(n1C(C)C)CN(/C(C=O)=C/C(Cl)=C\N(C)C)C2=O.Clc1ccccc1. The summed E-state index contributed by atoms with van der Waals surface area (Å²) in [5, 5.41) is 3.13. The minimum absolute atomic E-state index is 0.0147. The van der Waals surface area contributed by atoms with E-state index in [1.54, 1.807) is 38.2 Å². The summed E-state index contributed by atoms with van der Waals surface area (Å²) in [6.45, 7) is 9.94.